The summed E-state index contributed by atoms with van der Waals surface area (Å²) in [6.45, 7) is 2.70. The lowest BCUT2D eigenvalue weighted by molar-refractivity contribution is 0.384. The predicted molar refractivity (Wildman–Crippen MR) is 145 cm³/mol. The van der Waals surface area contributed by atoms with E-state index in [2.05, 4.69) is 27.3 Å². The first kappa shape index (κ1) is 25.4. The molecule has 0 fully saturated rings. The number of methoxy groups -OCH3 is 1. The van der Waals surface area contributed by atoms with Crippen molar-refractivity contribution in [1.82, 2.24) is 24.3 Å². The summed E-state index contributed by atoms with van der Waals surface area (Å²) in [7, 11) is 1.41. The lowest BCUT2D eigenvalue weighted by Crippen LogP contribution is -2.23. The quantitative estimate of drug-likeness (QED) is 0.272. The molecule has 0 radical (unpaired) electrons. The fourth-order valence-corrected chi connectivity index (χ4v) is 4.71. The third-order valence-electron chi connectivity index (χ3n) is 6.45. The Morgan fingerprint density at radius 2 is 1.92 bits per heavy atom. The first-order valence-electron chi connectivity index (χ1n) is 12.2. The number of halogens is 2. The zero-order valence-electron chi connectivity index (χ0n) is 20.9. The van der Waals surface area contributed by atoms with Crippen LogP contribution in [0.25, 0.3) is 11.0 Å². The molecule has 3 aromatic heterocycles. The highest BCUT2D eigenvalue weighted by Gasteiger charge is 2.16. The first-order valence-corrected chi connectivity index (χ1v) is 12.5. The molecule has 5 aromatic rings. The number of hydrogen-bond acceptors (Lipinski definition) is 6. The monoisotopic (exact) mass is 532 g/mol. The molecule has 5 rings (SSSR count). The van der Waals surface area contributed by atoms with Crippen molar-refractivity contribution in [3.8, 4) is 5.75 Å². The van der Waals surface area contributed by atoms with Crippen molar-refractivity contribution in [3.63, 3.8) is 0 Å². The largest absolute Gasteiger partial charge is 0.494 e. The highest BCUT2D eigenvalue weighted by molar-refractivity contribution is 6.31. The Labute approximate surface area is 223 Å². The third-order valence-corrected chi connectivity index (χ3v) is 6.80. The summed E-state index contributed by atoms with van der Waals surface area (Å²) in [6.07, 6.45) is 5.89. The molecular weight excluding hydrogens is 507 g/mol. The predicted octanol–water partition coefficient (Wildman–Crippen LogP) is 5.45. The molecular formula is C28H26ClFN6O2. The zero-order chi connectivity index (χ0) is 26.6. The molecule has 0 aliphatic carbocycles. The number of aromatic nitrogens is 5. The minimum absolute atomic E-state index is 0.0198. The SMILES string of the molecule is CCC(c1ccc(Cn2cc3c(NCc4c(Cl)ccc(OC)c4F)ncnc3n2)cc1)n1ccccc1=O. The van der Waals surface area contributed by atoms with Gasteiger partial charge < -0.3 is 14.6 Å². The molecule has 0 saturated carbocycles. The van der Waals surface area contributed by atoms with Crippen LogP contribution in [0, 0.1) is 5.82 Å². The van der Waals surface area contributed by atoms with E-state index >= 15 is 0 Å². The maximum atomic E-state index is 14.7. The highest BCUT2D eigenvalue weighted by atomic mass is 35.5. The Kier molecular flexibility index (Phi) is 7.37. The summed E-state index contributed by atoms with van der Waals surface area (Å²) in [5.74, 6) is 0.132. The molecule has 0 spiro atoms. The number of nitrogens with one attached hydrogen (secondary N) is 1. The van der Waals surface area contributed by atoms with Crippen LogP contribution in [0.2, 0.25) is 5.02 Å². The second kappa shape index (κ2) is 11.0. The van der Waals surface area contributed by atoms with Gasteiger partial charge in [0.05, 0.1) is 25.1 Å². The smallest absolute Gasteiger partial charge is 0.251 e. The summed E-state index contributed by atoms with van der Waals surface area (Å²) in [6, 6.07) is 16.4. The maximum Gasteiger partial charge on any atom is 0.251 e. The van der Waals surface area contributed by atoms with Gasteiger partial charge in [0.2, 0.25) is 0 Å². The van der Waals surface area contributed by atoms with E-state index < -0.39 is 5.82 Å². The van der Waals surface area contributed by atoms with E-state index in [-0.39, 0.29) is 29.5 Å². The number of fused-ring (bicyclic) bond motifs is 1. The number of ether oxygens (including phenoxy) is 1. The van der Waals surface area contributed by atoms with Crippen molar-refractivity contribution in [2.24, 2.45) is 0 Å². The molecule has 10 heteroatoms. The summed E-state index contributed by atoms with van der Waals surface area (Å²) in [5.41, 5.74) is 2.90. The van der Waals surface area contributed by atoms with E-state index in [1.54, 1.807) is 27.4 Å². The average molecular weight is 533 g/mol. The van der Waals surface area contributed by atoms with E-state index in [9.17, 15) is 9.18 Å². The minimum Gasteiger partial charge on any atom is -0.494 e. The molecule has 0 amide bonds. The van der Waals surface area contributed by atoms with Crippen LogP contribution in [-0.4, -0.2) is 31.4 Å². The van der Waals surface area contributed by atoms with Crippen LogP contribution in [0.5, 0.6) is 5.75 Å². The Bertz CT molecular complexity index is 1630. The molecule has 0 aliphatic rings. The van der Waals surface area contributed by atoms with Gasteiger partial charge in [-0.3, -0.25) is 9.48 Å². The molecule has 194 valence electrons. The van der Waals surface area contributed by atoms with Gasteiger partial charge in [-0.15, -0.1) is 0 Å². The topological polar surface area (TPSA) is 86.9 Å². The van der Waals surface area contributed by atoms with E-state index in [4.69, 9.17) is 16.3 Å². The van der Waals surface area contributed by atoms with E-state index in [0.29, 0.717) is 28.4 Å². The van der Waals surface area contributed by atoms with E-state index in [1.165, 1.54) is 19.5 Å². The average Bonchev–Trinajstić information content (AvgIpc) is 3.34. The second-order valence-corrected chi connectivity index (χ2v) is 9.20. The van der Waals surface area contributed by atoms with Gasteiger partial charge in [-0.2, -0.15) is 5.10 Å². The molecule has 1 N–H and O–H groups in total. The number of hydrogen-bond donors (Lipinski definition) is 1. The summed E-state index contributed by atoms with van der Waals surface area (Å²) in [5, 5.41) is 8.73. The van der Waals surface area contributed by atoms with Gasteiger partial charge in [0.15, 0.2) is 17.2 Å². The van der Waals surface area contributed by atoms with E-state index in [0.717, 1.165) is 17.5 Å². The first-order chi connectivity index (χ1) is 18.5. The van der Waals surface area contributed by atoms with Gasteiger partial charge in [0.25, 0.3) is 5.56 Å². The van der Waals surface area contributed by atoms with Crippen LogP contribution in [0.3, 0.4) is 0 Å². The van der Waals surface area contributed by atoms with Gasteiger partial charge in [-0.1, -0.05) is 48.9 Å². The van der Waals surface area contributed by atoms with Crippen molar-refractivity contribution in [3.05, 3.63) is 111 Å². The number of rotatable bonds is 9. The standard InChI is InChI=1S/C28H26ClFN6O2/c1-3-23(36-13-5-4-6-25(36)37)19-9-7-18(8-10-19)15-35-16-21-27(32-17-33-28(21)34-35)31-14-20-22(29)11-12-24(38-2)26(20)30/h4-13,16-17,23H,3,14-15H2,1-2H3,(H,31,32,33,34). The van der Waals surface area contributed by atoms with Crippen molar-refractivity contribution >= 4 is 28.5 Å². The molecule has 1 unspecified atom stereocenters. The lowest BCUT2D eigenvalue weighted by atomic mass is 10.0. The molecule has 8 nitrogen and oxygen atoms in total. The maximum absolute atomic E-state index is 14.7. The summed E-state index contributed by atoms with van der Waals surface area (Å²) < 4.78 is 23.3. The molecule has 1 atom stereocenters. The Balaban J connectivity index is 1.34. The third kappa shape index (κ3) is 5.10. The number of pyridine rings is 1. The van der Waals surface area contributed by atoms with Crippen molar-refractivity contribution in [1.29, 1.82) is 0 Å². The van der Waals surface area contributed by atoms with Crippen LogP contribution in [0.4, 0.5) is 10.2 Å². The fourth-order valence-electron chi connectivity index (χ4n) is 4.50. The zero-order valence-corrected chi connectivity index (χ0v) is 21.7. The number of nitrogens with zero attached hydrogens (tertiary/aromatic N) is 5. The van der Waals surface area contributed by atoms with Crippen LogP contribution < -0.4 is 15.6 Å². The van der Waals surface area contributed by atoms with Gasteiger partial charge >= 0.3 is 0 Å². The second-order valence-electron chi connectivity index (χ2n) is 8.79. The molecule has 2 aromatic carbocycles. The summed E-state index contributed by atoms with van der Waals surface area (Å²) in [4.78, 5) is 20.9. The molecule has 38 heavy (non-hydrogen) atoms. The van der Waals surface area contributed by atoms with Crippen molar-refractivity contribution < 1.29 is 9.13 Å². The highest BCUT2D eigenvalue weighted by Crippen LogP contribution is 2.28. The Morgan fingerprint density at radius 1 is 1.11 bits per heavy atom. The van der Waals surface area contributed by atoms with Gasteiger partial charge in [-0.05, 0) is 35.7 Å². The van der Waals surface area contributed by atoms with Gasteiger partial charge in [-0.25, -0.2) is 14.4 Å². The van der Waals surface area contributed by atoms with Gasteiger partial charge in [0, 0.05) is 35.6 Å². The number of anilines is 1. The fraction of sp³-hybridized carbons (Fsp3) is 0.214. The van der Waals surface area contributed by atoms with Crippen LogP contribution in [-0.2, 0) is 13.1 Å². The van der Waals surface area contributed by atoms with Crippen LogP contribution in [0.1, 0.15) is 36.1 Å². The minimum atomic E-state index is -0.514. The number of benzene rings is 2. The normalized spacial score (nSPS) is 12.0. The van der Waals surface area contributed by atoms with Crippen molar-refractivity contribution in [2.45, 2.75) is 32.5 Å². The lowest BCUT2D eigenvalue weighted by Gasteiger charge is -2.18. The van der Waals surface area contributed by atoms with E-state index in [1.807, 2.05) is 42.7 Å². The van der Waals surface area contributed by atoms with Gasteiger partial charge in [0.1, 0.15) is 12.1 Å². The Hall–Kier alpha value is -4.24. The molecule has 3 heterocycles. The van der Waals surface area contributed by atoms with Crippen LogP contribution in [0.15, 0.2) is 78.1 Å². The summed E-state index contributed by atoms with van der Waals surface area (Å²) >= 11 is 6.22. The molecule has 0 bridgehead atoms. The molecule has 0 saturated heterocycles. The van der Waals surface area contributed by atoms with Crippen LogP contribution >= 0.6 is 11.6 Å². The molecule has 0 aliphatic heterocycles. The Morgan fingerprint density at radius 3 is 2.66 bits per heavy atom. The van der Waals surface area contributed by atoms with Crippen molar-refractivity contribution in [2.75, 3.05) is 12.4 Å².